The molecule has 5 nitrogen and oxygen atoms in total. The van der Waals surface area contributed by atoms with E-state index < -0.39 is 12.0 Å². The van der Waals surface area contributed by atoms with Crippen LogP contribution >= 0.6 is 11.6 Å². The summed E-state index contributed by atoms with van der Waals surface area (Å²) in [4.78, 5) is 24.0. The smallest absolute Gasteiger partial charge is 0.264 e. The lowest BCUT2D eigenvalue weighted by atomic mass is 10.1. The minimum absolute atomic E-state index is 0.115. The molecule has 1 atom stereocenters. The van der Waals surface area contributed by atoms with Gasteiger partial charge in [0.15, 0.2) is 6.10 Å². The van der Waals surface area contributed by atoms with Crippen molar-refractivity contribution in [1.82, 2.24) is 4.90 Å². The van der Waals surface area contributed by atoms with Crippen molar-refractivity contribution in [2.75, 3.05) is 13.6 Å². The molecule has 1 aromatic rings. The van der Waals surface area contributed by atoms with E-state index in [1.165, 1.54) is 11.9 Å². The van der Waals surface area contributed by atoms with Crippen molar-refractivity contribution in [3.05, 3.63) is 28.8 Å². The Hall–Kier alpha value is -1.75. The molecule has 0 saturated carbocycles. The lowest BCUT2D eigenvalue weighted by molar-refractivity contribution is -0.139. The highest BCUT2D eigenvalue weighted by Gasteiger charge is 2.31. The van der Waals surface area contributed by atoms with Crippen LogP contribution in [0, 0.1) is 0 Å². The fourth-order valence-electron chi connectivity index (χ4n) is 1.91. The molecule has 1 aliphatic heterocycles. The molecule has 6 heteroatoms. The van der Waals surface area contributed by atoms with Gasteiger partial charge in [-0.1, -0.05) is 11.6 Å². The van der Waals surface area contributed by atoms with Gasteiger partial charge in [-0.25, -0.2) is 0 Å². The number of likely N-dealkylation sites (N-methyl/N-ethyl adjacent to an activating group) is 1. The molecular weight excluding hydrogens is 256 g/mol. The molecule has 0 aromatic heterocycles. The number of rotatable bonds is 3. The van der Waals surface area contributed by atoms with Crippen LogP contribution in [-0.2, 0) is 16.0 Å². The zero-order valence-corrected chi connectivity index (χ0v) is 10.6. The molecule has 2 rings (SSSR count). The first-order valence-electron chi connectivity index (χ1n) is 5.45. The number of halogens is 1. The minimum atomic E-state index is -0.609. The largest absolute Gasteiger partial charge is 0.480 e. The molecule has 2 N–H and O–H groups in total. The summed E-state index contributed by atoms with van der Waals surface area (Å²) >= 11 is 5.87. The summed E-state index contributed by atoms with van der Waals surface area (Å²) in [6.45, 7) is -0.115. The second-order valence-electron chi connectivity index (χ2n) is 4.22. The highest BCUT2D eigenvalue weighted by Crippen LogP contribution is 2.31. The van der Waals surface area contributed by atoms with Crippen LogP contribution in [0.3, 0.4) is 0 Å². The number of amides is 2. The fourth-order valence-corrected chi connectivity index (χ4v) is 2.11. The van der Waals surface area contributed by atoms with Gasteiger partial charge in [0, 0.05) is 18.5 Å². The van der Waals surface area contributed by atoms with Gasteiger partial charge in [0.25, 0.3) is 5.91 Å². The van der Waals surface area contributed by atoms with Crippen molar-refractivity contribution in [2.24, 2.45) is 5.73 Å². The van der Waals surface area contributed by atoms with E-state index in [0.29, 0.717) is 17.2 Å². The molecule has 0 spiro atoms. The Kier molecular flexibility index (Phi) is 3.43. The Bertz CT molecular complexity index is 504. The van der Waals surface area contributed by atoms with E-state index in [-0.39, 0.29) is 12.5 Å². The molecule has 18 heavy (non-hydrogen) atoms. The zero-order valence-electron chi connectivity index (χ0n) is 9.85. The molecular formula is C12H13ClN2O3. The lowest BCUT2D eigenvalue weighted by Crippen LogP contribution is -2.42. The molecule has 96 valence electrons. The van der Waals surface area contributed by atoms with Crippen LogP contribution in [0.15, 0.2) is 18.2 Å². The van der Waals surface area contributed by atoms with E-state index in [0.717, 1.165) is 5.56 Å². The Morgan fingerprint density at radius 1 is 1.56 bits per heavy atom. The van der Waals surface area contributed by atoms with Crippen LogP contribution in [0.1, 0.15) is 5.56 Å². The first-order chi connectivity index (χ1) is 8.47. The normalized spacial score (nSPS) is 16.9. The Labute approximate surface area is 109 Å². The van der Waals surface area contributed by atoms with Gasteiger partial charge in [0.2, 0.25) is 5.91 Å². The SMILES string of the molecule is CN(CC(N)=O)C(=O)[C@H]1Cc2cc(Cl)ccc2O1. The number of nitrogens with two attached hydrogens (primary N) is 1. The summed E-state index contributed by atoms with van der Waals surface area (Å²) in [6, 6.07) is 5.22. The summed E-state index contributed by atoms with van der Waals surface area (Å²) in [6.07, 6.45) is -0.152. The molecule has 2 amide bonds. The molecule has 1 aromatic carbocycles. The highest BCUT2D eigenvalue weighted by molar-refractivity contribution is 6.30. The average Bonchev–Trinajstić information content (AvgIpc) is 2.69. The third kappa shape index (κ3) is 2.56. The number of benzene rings is 1. The van der Waals surface area contributed by atoms with Crippen LogP contribution in [-0.4, -0.2) is 36.4 Å². The van der Waals surface area contributed by atoms with E-state index in [4.69, 9.17) is 22.1 Å². The summed E-state index contributed by atoms with van der Waals surface area (Å²) in [5, 5.41) is 0.607. The fraction of sp³-hybridized carbons (Fsp3) is 0.333. The van der Waals surface area contributed by atoms with E-state index >= 15 is 0 Å². The molecule has 0 bridgehead atoms. The summed E-state index contributed by atoms with van der Waals surface area (Å²) in [7, 11) is 1.52. The third-order valence-corrected chi connectivity index (χ3v) is 2.98. The lowest BCUT2D eigenvalue weighted by Gasteiger charge is -2.19. The van der Waals surface area contributed by atoms with Crippen molar-refractivity contribution in [2.45, 2.75) is 12.5 Å². The second-order valence-corrected chi connectivity index (χ2v) is 4.66. The Balaban J connectivity index is 2.06. The molecule has 0 saturated heterocycles. The first-order valence-corrected chi connectivity index (χ1v) is 5.83. The van der Waals surface area contributed by atoms with Crippen molar-refractivity contribution >= 4 is 23.4 Å². The standard InChI is InChI=1S/C12H13ClN2O3/c1-15(6-11(14)16)12(17)10-5-7-4-8(13)2-3-9(7)18-10/h2-4,10H,5-6H2,1H3,(H2,14,16)/t10-/m1/s1. The van der Waals surface area contributed by atoms with Crippen molar-refractivity contribution < 1.29 is 14.3 Å². The van der Waals surface area contributed by atoms with Crippen LogP contribution in [0.2, 0.25) is 5.02 Å². The van der Waals surface area contributed by atoms with Crippen molar-refractivity contribution in [1.29, 1.82) is 0 Å². The quantitative estimate of drug-likeness (QED) is 0.872. The van der Waals surface area contributed by atoms with E-state index in [1.807, 2.05) is 0 Å². The van der Waals surface area contributed by atoms with Crippen molar-refractivity contribution in [3.8, 4) is 5.75 Å². The van der Waals surface area contributed by atoms with Gasteiger partial charge in [-0.15, -0.1) is 0 Å². The number of hydrogen-bond acceptors (Lipinski definition) is 3. The van der Waals surface area contributed by atoms with Crippen molar-refractivity contribution in [3.63, 3.8) is 0 Å². The predicted octanol–water partition coefficient (Wildman–Crippen LogP) is 0.587. The van der Waals surface area contributed by atoms with Crippen LogP contribution < -0.4 is 10.5 Å². The number of ether oxygens (including phenoxy) is 1. The zero-order chi connectivity index (χ0) is 13.3. The highest BCUT2D eigenvalue weighted by atomic mass is 35.5. The van der Waals surface area contributed by atoms with Crippen LogP contribution in [0.4, 0.5) is 0 Å². The maximum atomic E-state index is 12.0. The summed E-state index contributed by atoms with van der Waals surface area (Å²) in [5.74, 6) is -0.157. The first kappa shape index (κ1) is 12.7. The Morgan fingerprint density at radius 3 is 2.94 bits per heavy atom. The van der Waals surface area contributed by atoms with E-state index in [1.54, 1.807) is 18.2 Å². The number of nitrogens with zero attached hydrogens (tertiary/aromatic N) is 1. The monoisotopic (exact) mass is 268 g/mol. The van der Waals surface area contributed by atoms with Gasteiger partial charge in [0.1, 0.15) is 5.75 Å². The molecule has 0 aliphatic carbocycles. The van der Waals surface area contributed by atoms with Crippen LogP contribution in [0.5, 0.6) is 5.75 Å². The molecule has 0 fully saturated rings. The topological polar surface area (TPSA) is 72.6 Å². The van der Waals surface area contributed by atoms with Gasteiger partial charge in [-0.2, -0.15) is 0 Å². The summed E-state index contributed by atoms with van der Waals surface area (Å²) < 4.78 is 5.52. The second kappa shape index (κ2) is 4.86. The third-order valence-electron chi connectivity index (χ3n) is 2.74. The summed E-state index contributed by atoms with van der Waals surface area (Å²) in [5.41, 5.74) is 5.94. The van der Waals surface area contributed by atoms with E-state index in [9.17, 15) is 9.59 Å². The van der Waals surface area contributed by atoms with Gasteiger partial charge < -0.3 is 15.4 Å². The number of fused-ring (bicyclic) bond motifs is 1. The van der Waals surface area contributed by atoms with Gasteiger partial charge in [-0.05, 0) is 23.8 Å². The molecule has 1 heterocycles. The number of primary amides is 1. The van der Waals surface area contributed by atoms with Gasteiger partial charge in [0.05, 0.1) is 6.54 Å². The number of carbonyl (C=O) groups excluding carboxylic acids is 2. The minimum Gasteiger partial charge on any atom is -0.480 e. The van der Waals surface area contributed by atoms with Gasteiger partial charge >= 0.3 is 0 Å². The van der Waals surface area contributed by atoms with Crippen LogP contribution in [0.25, 0.3) is 0 Å². The predicted molar refractivity (Wildman–Crippen MR) is 66.4 cm³/mol. The Morgan fingerprint density at radius 2 is 2.28 bits per heavy atom. The number of hydrogen-bond donors (Lipinski definition) is 1. The maximum Gasteiger partial charge on any atom is 0.264 e. The average molecular weight is 269 g/mol. The van der Waals surface area contributed by atoms with E-state index in [2.05, 4.69) is 0 Å². The maximum absolute atomic E-state index is 12.0. The molecule has 0 radical (unpaired) electrons. The van der Waals surface area contributed by atoms with Gasteiger partial charge in [-0.3, -0.25) is 9.59 Å². The number of carbonyl (C=O) groups is 2. The molecule has 0 unspecified atom stereocenters. The molecule has 1 aliphatic rings.